The van der Waals surface area contributed by atoms with Gasteiger partial charge in [-0.05, 0) is 35.9 Å². The summed E-state index contributed by atoms with van der Waals surface area (Å²) in [6.07, 6.45) is 1.65. The number of nitrogens with one attached hydrogen (secondary N) is 1. The van der Waals surface area contributed by atoms with Crippen molar-refractivity contribution in [2.24, 2.45) is 10.8 Å². The summed E-state index contributed by atoms with van der Waals surface area (Å²) in [5.74, 6) is 0.385. The molecule has 0 aliphatic carbocycles. The molecule has 128 valence electrons. The number of carbonyl (C=O) groups is 1. The molecule has 0 unspecified atom stereocenters. The van der Waals surface area contributed by atoms with E-state index in [9.17, 15) is 4.79 Å². The third kappa shape index (κ3) is 4.24. The highest BCUT2D eigenvalue weighted by Gasteiger charge is 2.06. The van der Waals surface area contributed by atoms with Crippen molar-refractivity contribution in [2.75, 3.05) is 19.1 Å². The first-order chi connectivity index (χ1) is 12.2. The lowest BCUT2D eigenvalue weighted by atomic mass is 10.2. The van der Waals surface area contributed by atoms with Crippen LogP contribution in [0.1, 0.15) is 5.56 Å². The number of methoxy groups -OCH3 is 1. The first-order valence-corrected chi connectivity index (χ1v) is 8.21. The predicted octanol–water partition coefficient (Wildman–Crippen LogP) is 2.61. The number of hydrazone groups is 1. The SMILES string of the molecule is COc1cc(/C=N/Nc2nc3ccccc3s2)ccc1OCC(N)=O. The predicted molar refractivity (Wildman–Crippen MR) is 98.5 cm³/mol. The Kier molecular flexibility index (Phi) is 5.10. The Morgan fingerprint density at radius 1 is 1.32 bits per heavy atom. The van der Waals surface area contributed by atoms with Crippen molar-refractivity contribution in [3.05, 3.63) is 48.0 Å². The molecule has 25 heavy (non-hydrogen) atoms. The van der Waals surface area contributed by atoms with Crippen LogP contribution < -0.4 is 20.6 Å². The molecule has 1 amide bonds. The second-order valence-electron chi connectivity index (χ2n) is 5.02. The number of nitrogens with two attached hydrogens (primary N) is 1. The lowest BCUT2D eigenvalue weighted by molar-refractivity contribution is -0.119. The molecule has 1 aromatic heterocycles. The largest absolute Gasteiger partial charge is 0.493 e. The summed E-state index contributed by atoms with van der Waals surface area (Å²) < 4.78 is 11.6. The summed E-state index contributed by atoms with van der Waals surface area (Å²) in [5, 5.41) is 4.90. The number of rotatable bonds is 7. The van der Waals surface area contributed by atoms with E-state index >= 15 is 0 Å². The van der Waals surface area contributed by atoms with Crippen LogP contribution in [0.3, 0.4) is 0 Å². The van der Waals surface area contributed by atoms with Gasteiger partial charge < -0.3 is 15.2 Å². The molecule has 0 bridgehead atoms. The Morgan fingerprint density at radius 2 is 2.16 bits per heavy atom. The number of benzene rings is 2. The van der Waals surface area contributed by atoms with Gasteiger partial charge >= 0.3 is 0 Å². The monoisotopic (exact) mass is 356 g/mol. The van der Waals surface area contributed by atoms with Crippen molar-refractivity contribution in [1.82, 2.24) is 4.98 Å². The fraction of sp³-hybridized carbons (Fsp3) is 0.118. The lowest BCUT2D eigenvalue weighted by Gasteiger charge is -2.09. The summed E-state index contributed by atoms with van der Waals surface area (Å²) >= 11 is 1.53. The van der Waals surface area contributed by atoms with Crippen molar-refractivity contribution < 1.29 is 14.3 Å². The average molecular weight is 356 g/mol. The van der Waals surface area contributed by atoms with E-state index in [0.717, 1.165) is 15.8 Å². The van der Waals surface area contributed by atoms with E-state index in [-0.39, 0.29) is 6.61 Å². The fourth-order valence-electron chi connectivity index (χ4n) is 2.11. The van der Waals surface area contributed by atoms with E-state index in [2.05, 4.69) is 15.5 Å². The van der Waals surface area contributed by atoms with Crippen LogP contribution in [0, 0.1) is 0 Å². The molecule has 0 radical (unpaired) electrons. The van der Waals surface area contributed by atoms with Gasteiger partial charge in [0.25, 0.3) is 5.91 Å². The highest BCUT2D eigenvalue weighted by atomic mass is 32.1. The van der Waals surface area contributed by atoms with Crippen molar-refractivity contribution in [3.63, 3.8) is 0 Å². The molecule has 2 aromatic carbocycles. The van der Waals surface area contributed by atoms with Crippen molar-refractivity contribution in [3.8, 4) is 11.5 Å². The third-order valence-corrected chi connectivity index (χ3v) is 4.17. The molecular weight excluding hydrogens is 340 g/mol. The zero-order valence-corrected chi connectivity index (χ0v) is 14.2. The molecule has 0 saturated carbocycles. The van der Waals surface area contributed by atoms with Gasteiger partial charge in [-0.2, -0.15) is 5.10 Å². The normalized spacial score (nSPS) is 10.9. The molecule has 3 N–H and O–H groups in total. The van der Waals surface area contributed by atoms with E-state index in [1.165, 1.54) is 18.4 Å². The summed E-state index contributed by atoms with van der Waals surface area (Å²) in [6.45, 7) is -0.205. The van der Waals surface area contributed by atoms with Crippen LogP contribution in [-0.2, 0) is 4.79 Å². The zero-order chi connectivity index (χ0) is 17.6. The summed E-state index contributed by atoms with van der Waals surface area (Å²) in [6, 6.07) is 13.1. The highest BCUT2D eigenvalue weighted by Crippen LogP contribution is 2.28. The Labute approximate surface area is 148 Å². The molecular formula is C17H16N4O3S. The smallest absolute Gasteiger partial charge is 0.255 e. The maximum atomic E-state index is 10.8. The van der Waals surface area contributed by atoms with Gasteiger partial charge in [-0.3, -0.25) is 10.2 Å². The third-order valence-electron chi connectivity index (χ3n) is 3.23. The van der Waals surface area contributed by atoms with Crippen LogP contribution in [0.25, 0.3) is 10.2 Å². The summed E-state index contributed by atoms with van der Waals surface area (Å²) in [4.78, 5) is 15.2. The number of ether oxygens (including phenoxy) is 2. The molecule has 0 aliphatic rings. The highest BCUT2D eigenvalue weighted by molar-refractivity contribution is 7.22. The number of amides is 1. The minimum absolute atomic E-state index is 0.205. The zero-order valence-electron chi connectivity index (χ0n) is 13.4. The standard InChI is InChI=1S/C17H16N4O3S/c1-23-14-8-11(6-7-13(14)24-10-16(18)22)9-19-21-17-20-12-4-2-3-5-15(12)25-17/h2-9H,10H2,1H3,(H2,18,22)(H,20,21)/b19-9+. The van der Waals surface area contributed by atoms with Gasteiger partial charge in [-0.25, -0.2) is 4.98 Å². The molecule has 0 atom stereocenters. The number of aromatic nitrogens is 1. The number of nitrogens with zero attached hydrogens (tertiary/aromatic N) is 2. The van der Waals surface area contributed by atoms with Crippen molar-refractivity contribution in [1.29, 1.82) is 0 Å². The molecule has 0 spiro atoms. The molecule has 0 aliphatic heterocycles. The van der Waals surface area contributed by atoms with E-state index in [1.807, 2.05) is 24.3 Å². The maximum Gasteiger partial charge on any atom is 0.255 e. The van der Waals surface area contributed by atoms with E-state index in [0.29, 0.717) is 16.6 Å². The second-order valence-corrected chi connectivity index (χ2v) is 6.05. The molecule has 8 heteroatoms. The van der Waals surface area contributed by atoms with E-state index in [1.54, 1.807) is 24.4 Å². The first-order valence-electron chi connectivity index (χ1n) is 7.39. The van der Waals surface area contributed by atoms with E-state index in [4.69, 9.17) is 15.2 Å². The number of anilines is 1. The van der Waals surface area contributed by atoms with Gasteiger partial charge in [-0.15, -0.1) is 0 Å². The number of hydrogen-bond donors (Lipinski definition) is 2. The van der Waals surface area contributed by atoms with Gasteiger partial charge in [0.15, 0.2) is 18.1 Å². The number of para-hydroxylation sites is 1. The van der Waals surface area contributed by atoms with Crippen LogP contribution in [-0.4, -0.2) is 30.8 Å². The van der Waals surface area contributed by atoms with Gasteiger partial charge in [0.2, 0.25) is 5.13 Å². The average Bonchev–Trinajstić information content (AvgIpc) is 3.03. The Balaban J connectivity index is 1.69. The van der Waals surface area contributed by atoms with Crippen molar-refractivity contribution >= 4 is 38.8 Å². The molecule has 1 heterocycles. The van der Waals surface area contributed by atoms with Crippen LogP contribution in [0.2, 0.25) is 0 Å². The van der Waals surface area contributed by atoms with Gasteiger partial charge in [0.1, 0.15) is 0 Å². The number of primary amides is 1. The van der Waals surface area contributed by atoms with Crippen LogP contribution in [0.5, 0.6) is 11.5 Å². The molecule has 0 fully saturated rings. The van der Waals surface area contributed by atoms with Crippen LogP contribution >= 0.6 is 11.3 Å². The maximum absolute atomic E-state index is 10.8. The number of fused-ring (bicyclic) bond motifs is 1. The number of thiazole rings is 1. The number of hydrogen-bond acceptors (Lipinski definition) is 7. The quantitative estimate of drug-likeness (QED) is 0.501. The van der Waals surface area contributed by atoms with E-state index < -0.39 is 5.91 Å². The minimum Gasteiger partial charge on any atom is -0.493 e. The molecule has 3 rings (SSSR count). The van der Waals surface area contributed by atoms with Gasteiger partial charge in [0.05, 0.1) is 23.5 Å². The topological polar surface area (TPSA) is 98.8 Å². The van der Waals surface area contributed by atoms with Crippen LogP contribution in [0.4, 0.5) is 5.13 Å². The van der Waals surface area contributed by atoms with Gasteiger partial charge in [-0.1, -0.05) is 23.5 Å². The Bertz CT molecular complexity index is 890. The number of carbonyl (C=O) groups excluding carboxylic acids is 1. The minimum atomic E-state index is -0.548. The molecule has 0 saturated heterocycles. The van der Waals surface area contributed by atoms with Crippen LogP contribution in [0.15, 0.2) is 47.6 Å². The summed E-state index contributed by atoms with van der Waals surface area (Å²) in [7, 11) is 1.52. The Hall–Kier alpha value is -3.13. The molecule has 3 aromatic rings. The second kappa shape index (κ2) is 7.63. The summed E-state index contributed by atoms with van der Waals surface area (Å²) in [5.41, 5.74) is 9.73. The van der Waals surface area contributed by atoms with Crippen molar-refractivity contribution in [2.45, 2.75) is 0 Å². The Morgan fingerprint density at radius 3 is 2.92 bits per heavy atom. The lowest BCUT2D eigenvalue weighted by Crippen LogP contribution is -2.20. The fourth-order valence-corrected chi connectivity index (χ4v) is 2.93. The molecule has 7 nitrogen and oxygen atoms in total. The first kappa shape index (κ1) is 16.7. The van der Waals surface area contributed by atoms with Gasteiger partial charge in [0, 0.05) is 0 Å².